The molecule has 0 fully saturated rings. The van der Waals surface area contributed by atoms with E-state index in [1.807, 2.05) is 0 Å². The van der Waals surface area contributed by atoms with Crippen LogP contribution in [0.4, 0.5) is 18.9 Å². The molecule has 0 heterocycles. The minimum atomic E-state index is -4.44. The number of ether oxygens (including phenoxy) is 2. The number of nitrogens with two attached hydrogens (primary N) is 1. The summed E-state index contributed by atoms with van der Waals surface area (Å²) in [6.07, 6.45) is -4.44. The zero-order chi connectivity index (χ0) is 19.2. The lowest BCUT2D eigenvalue weighted by Crippen LogP contribution is -2.24. The Morgan fingerprint density at radius 2 is 1.81 bits per heavy atom. The van der Waals surface area contributed by atoms with Gasteiger partial charge in [-0.15, -0.1) is 0 Å². The molecule has 2 aromatic rings. The van der Waals surface area contributed by atoms with Crippen LogP contribution in [0.2, 0.25) is 0 Å². The Hall–Kier alpha value is -2.81. The van der Waals surface area contributed by atoms with Crippen LogP contribution < -0.4 is 20.5 Å². The van der Waals surface area contributed by atoms with Gasteiger partial charge in [-0.25, -0.2) is 4.99 Å². The van der Waals surface area contributed by atoms with Crippen LogP contribution in [0, 0.1) is 0 Å². The van der Waals surface area contributed by atoms with Gasteiger partial charge in [-0.3, -0.25) is 0 Å². The Morgan fingerprint density at radius 1 is 1.15 bits per heavy atom. The number of thiocarbonyl (C=S) groups is 1. The van der Waals surface area contributed by atoms with Crippen molar-refractivity contribution in [2.24, 2.45) is 10.7 Å². The lowest BCUT2D eigenvalue weighted by Gasteiger charge is -2.10. The van der Waals surface area contributed by atoms with Gasteiger partial charge in [0.15, 0.2) is 5.11 Å². The molecule has 5 nitrogen and oxygen atoms in total. The Kier molecular flexibility index (Phi) is 6.40. The van der Waals surface area contributed by atoms with Gasteiger partial charge in [-0.05, 0) is 54.7 Å². The largest absolute Gasteiger partial charge is 0.497 e. The molecule has 0 amide bonds. The number of hydrogen-bond acceptors (Lipinski definition) is 3. The molecule has 0 aromatic heterocycles. The standard InChI is InChI=1S/C17H16F3N3O2S/c1-24-13-5-7-14(8-6-13)25-10-15(21)23-16(26)22-12-4-2-3-11(9-12)17(18,19)20/h2-9H,10H2,1H3,(H3,21,22,23,26). The van der Waals surface area contributed by atoms with Gasteiger partial charge < -0.3 is 20.5 Å². The van der Waals surface area contributed by atoms with E-state index in [9.17, 15) is 13.2 Å². The van der Waals surface area contributed by atoms with Gasteiger partial charge in [-0.2, -0.15) is 13.2 Å². The Labute approximate surface area is 153 Å². The molecule has 0 aliphatic heterocycles. The summed E-state index contributed by atoms with van der Waals surface area (Å²) in [4.78, 5) is 3.90. The van der Waals surface area contributed by atoms with E-state index in [2.05, 4.69) is 10.3 Å². The highest BCUT2D eigenvalue weighted by molar-refractivity contribution is 7.80. The summed E-state index contributed by atoms with van der Waals surface area (Å²) in [5.41, 5.74) is 5.10. The van der Waals surface area contributed by atoms with E-state index in [1.54, 1.807) is 31.4 Å². The lowest BCUT2D eigenvalue weighted by atomic mass is 10.2. The van der Waals surface area contributed by atoms with Crippen molar-refractivity contribution in [2.45, 2.75) is 6.18 Å². The fourth-order valence-electron chi connectivity index (χ4n) is 1.92. The Balaban J connectivity index is 1.92. The van der Waals surface area contributed by atoms with Crippen LogP contribution in [-0.2, 0) is 6.18 Å². The number of nitrogens with zero attached hydrogens (tertiary/aromatic N) is 1. The van der Waals surface area contributed by atoms with Gasteiger partial charge in [0, 0.05) is 5.69 Å². The molecule has 0 spiro atoms. The second kappa shape index (κ2) is 8.52. The van der Waals surface area contributed by atoms with Gasteiger partial charge >= 0.3 is 6.18 Å². The number of aliphatic imine (C=N–C) groups is 1. The topological polar surface area (TPSA) is 68.9 Å². The van der Waals surface area contributed by atoms with E-state index in [4.69, 9.17) is 27.4 Å². The number of halogens is 3. The van der Waals surface area contributed by atoms with Gasteiger partial charge in [0.1, 0.15) is 23.9 Å². The minimum absolute atomic E-state index is 0.0310. The fraction of sp³-hybridized carbons (Fsp3) is 0.176. The monoisotopic (exact) mass is 383 g/mol. The van der Waals surface area contributed by atoms with Crippen molar-refractivity contribution in [3.63, 3.8) is 0 Å². The summed E-state index contributed by atoms with van der Waals surface area (Å²) in [6, 6.07) is 11.5. The zero-order valence-electron chi connectivity index (χ0n) is 13.7. The molecule has 0 radical (unpaired) electrons. The molecule has 0 bridgehead atoms. The van der Waals surface area contributed by atoms with E-state index < -0.39 is 11.7 Å². The van der Waals surface area contributed by atoms with E-state index in [1.165, 1.54) is 12.1 Å². The molecule has 3 N–H and O–H groups in total. The van der Waals surface area contributed by atoms with E-state index >= 15 is 0 Å². The normalized spacial score (nSPS) is 11.8. The molecule has 0 unspecified atom stereocenters. The third-order valence-corrected chi connectivity index (χ3v) is 3.33. The number of anilines is 1. The second-order valence-corrected chi connectivity index (χ2v) is 5.46. The number of amidine groups is 1. The summed E-state index contributed by atoms with van der Waals surface area (Å²) < 4.78 is 48.5. The molecule has 138 valence electrons. The molecule has 0 aliphatic rings. The first-order valence-corrected chi connectivity index (χ1v) is 7.77. The third kappa shape index (κ3) is 5.92. The van der Waals surface area contributed by atoms with E-state index in [0.29, 0.717) is 11.5 Å². The minimum Gasteiger partial charge on any atom is -0.497 e. The summed E-state index contributed by atoms with van der Waals surface area (Å²) in [5, 5.41) is 2.52. The van der Waals surface area contributed by atoms with Gasteiger partial charge in [-0.1, -0.05) is 6.07 Å². The number of nitrogens with one attached hydrogen (secondary N) is 1. The van der Waals surface area contributed by atoms with Crippen LogP contribution in [0.1, 0.15) is 5.56 Å². The van der Waals surface area contributed by atoms with Crippen molar-refractivity contribution in [2.75, 3.05) is 19.0 Å². The first-order valence-electron chi connectivity index (χ1n) is 7.36. The van der Waals surface area contributed by atoms with Crippen LogP contribution in [0.15, 0.2) is 53.5 Å². The summed E-state index contributed by atoms with van der Waals surface area (Å²) in [6.45, 7) is -0.0310. The lowest BCUT2D eigenvalue weighted by molar-refractivity contribution is -0.137. The average Bonchev–Trinajstić information content (AvgIpc) is 2.60. The fourth-order valence-corrected chi connectivity index (χ4v) is 2.15. The highest BCUT2D eigenvalue weighted by Gasteiger charge is 2.30. The molecule has 2 rings (SSSR count). The number of methoxy groups -OCH3 is 1. The van der Waals surface area contributed by atoms with Crippen LogP contribution in [0.5, 0.6) is 11.5 Å². The van der Waals surface area contributed by atoms with Gasteiger partial charge in [0.25, 0.3) is 0 Å². The van der Waals surface area contributed by atoms with Crippen LogP contribution in [0.25, 0.3) is 0 Å². The first kappa shape index (κ1) is 19.5. The highest BCUT2D eigenvalue weighted by Crippen LogP contribution is 2.30. The van der Waals surface area contributed by atoms with Crippen molar-refractivity contribution in [3.05, 3.63) is 54.1 Å². The predicted octanol–water partition coefficient (Wildman–Crippen LogP) is 3.85. The number of benzene rings is 2. The van der Waals surface area contributed by atoms with Crippen molar-refractivity contribution in [1.29, 1.82) is 0 Å². The third-order valence-electron chi connectivity index (χ3n) is 3.13. The summed E-state index contributed by atoms with van der Waals surface area (Å²) >= 11 is 4.98. The molecule has 0 saturated carbocycles. The average molecular weight is 383 g/mol. The Morgan fingerprint density at radius 3 is 2.42 bits per heavy atom. The van der Waals surface area contributed by atoms with Crippen molar-refractivity contribution in [1.82, 2.24) is 0 Å². The summed E-state index contributed by atoms with van der Waals surface area (Å²) in [7, 11) is 1.55. The zero-order valence-corrected chi connectivity index (χ0v) is 14.5. The highest BCUT2D eigenvalue weighted by atomic mass is 32.1. The molecule has 26 heavy (non-hydrogen) atoms. The molecule has 0 atom stereocenters. The molecule has 0 saturated heterocycles. The SMILES string of the molecule is COc1ccc(OC/C(N)=N/C(=S)Nc2cccc(C(F)(F)F)c2)cc1. The number of rotatable bonds is 5. The van der Waals surface area contributed by atoms with E-state index in [0.717, 1.165) is 12.1 Å². The second-order valence-electron chi connectivity index (χ2n) is 5.08. The summed E-state index contributed by atoms with van der Waals surface area (Å²) in [5.74, 6) is 1.32. The smallest absolute Gasteiger partial charge is 0.416 e. The predicted molar refractivity (Wildman–Crippen MR) is 97.8 cm³/mol. The van der Waals surface area contributed by atoms with Crippen molar-refractivity contribution in [3.8, 4) is 11.5 Å². The number of alkyl halides is 3. The first-order chi connectivity index (χ1) is 12.3. The van der Waals surface area contributed by atoms with Gasteiger partial charge in [0.05, 0.1) is 12.7 Å². The van der Waals surface area contributed by atoms with Crippen molar-refractivity contribution >= 4 is 28.9 Å². The maximum Gasteiger partial charge on any atom is 0.416 e. The van der Waals surface area contributed by atoms with Gasteiger partial charge in [0.2, 0.25) is 0 Å². The molecular formula is C17H16F3N3O2S. The van der Waals surface area contributed by atoms with Crippen LogP contribution >= 0.6 is 12.2 Å². The maximum absolute atomic E-state index is 12.7. The molecule has 0 aliphatic carbocycles. The van der Waals surface area contributed by atoms with Crippen LogP contribution in [-0.4, -0.2) is 24.7 Å². The van der Waals surface area contributed by atoms with E-state index in [-0.39, 0.29) is 23.2 Å². The quantitative estimate of drug-likeness (QED) is 0.466. The molecule has 9 heteroatoms. The molecular weight excluding hydrogens is 367 g/mol. The van der Waals surface area contributed by atoms with Crippen LogP contribution in [0.3, 0.4) is 0 Å². The number of hydrogen-bond donors (Lipinski definition) is 2. The Bertz CT molecular complexity index is 793. The van der Waals surface area contributed by atoms with Crippen molar-refractivity contribution < 1.29 is 22.6 Å². The maximum atomic E-state index is 12.7. The molecule has 2 aromatic carbocycles.